The molecule has 0 radical (unpaired) electrons. The van der Waals surface area contributed by atoms with Gasteiger partial charge in [0.2, 0.25) is 0 Å². The van der Waals surface area contributed by atoms with E-state index in [2.05, 4.69) is 0 Å². The minimum absolute atomic E-state index is 0.210. The molecule has 1 saturated heterocycles. The fourth-order valence-corrected chi connectivity index (χ4v) is 1.50. The van der Waals surface area contributed by atoms with Crippen molar-refractivity contribution >= 4 is 6.03 Å². The fraction of sp³-hybridized carbons (Fsp3) is 0.875. The van der Waals surface area contributed by atoms with Crippen LogP contribution in [0.5, 0.6) is 0 Å². The van der Waals surface area contributed by atoms with E-state index in [1.165, 1.54) is 4.90 Å². The Hall–Kier alpha value is -0.980. The summed E-state index contributed by atoms with van der Waals surface area (Å²) in [6.45, 7) is 0.102. The summed E-state index contributed by atoms with van der Waals surface area (Å²) in [4.78, 5) is 12.6. The number of carbonyl (C=O) groups excluding carboxylic acids is 1. The van der Waals surface area contributed by atoms with Crippen molar-refractivity contribution in [2.45, 2.75) is 12.6 Å². The van der Waals surface area contributed by atoms with Gasteiger partial charge in [-0.3, -0.25) is 0 Å². The zero-order valence-electron chi connectivity index (χ0n) is 8.18. The molecule has 3 N–H and O–H groups in total. The van der Waals surface area contributed by atoms with Crippen LogP contribution in [0, 0.1) is 5.92 Å². The van der Waals surface area contributed by atoms with Crippen LogP contribution in [0.2, 0.25) is 0 Å². The second-order valence-electron chi connectivity index (χ2n) is 3.61. The molecule has 2 amide bonds. The molecule has 0 aliphatic carbocycles. The number of nitrogens with two attached hydrogens (primary N) is 1. The average Bonchev–Trinajstić information content (AvgIpc) is 2.61. The Morgan fingerprint density at radius 2 is 2.20 bits per heavy atom. The molecule has 1 fully saturated rings. The summed E-state index contributed by atoms with van der Waals surface area (Å²) in [5, 5.41) is 1.83. The number of hydrogen-bond donors (Lipinski definition) is 2. The Morgan fingerprint density at radius 3 is 2.67 bits per heavy atom. The third kappa shape index (κ3) is 3.94. The monoisotopic (exact) mass is 225 g/mol. The number of carbonyl (C=O) groups is 1. The van der Waals surface area contributed by atoms with Gasteiger partial charge < -0.3 is 16.0 Å². The topological polar surface area (TPSA) is 58.4 Å². The highest BCUT2D eigenvalue weighted by Crippen LogP contribution is 2.16. The van der Waals surface area contributed by atoms with Crippen molar-refractivity contribution < 1.29 is 18.0 Å². The summed E-state index contributed by atoms with van der Waals surface area (Å²) in [7, 11) is 0. The van der Waals surface area contributed by atoms with Crippen LogP contribution in [0.4, 0.5) is 18.0 Å². The predicted molar refractivity (Wildman–Crippen MR) is 48.2 cm³/mol. The third-order valence-electron chi connectivity index (χ3n) is 2.35. The highest BCUT2D eigenvalue weighted by Gasteiger charge is 2.30. The molecule has 0 aromatic carbocycles. The summed E-state index contributed by atoms with van der Waals surface area (Å²) in [5.74, 6) is 0.210. The molecule has 0 aromatic rings. The molecule has 1 heterocycles. The second kappa shape index (κ2) is 4.69. The molecule has 15 heavy (non-hydrogen) atoms. The van der Waals surface area contributed by atoms with Gasteiger partial charge in [-0.2, -0.15) is 13.2 Å². The molecular formula is C8H14F3N3O. The van der Waals surface area contributed by atoms with E-state index in [-0.39, 0.29) is 5.92 Å². The van der Waals surface area contributed by atoms with Gasteiger partial charge in [0.15, 0.2) is 0 Å². The maximum Gasteiger partial charge on any atom is 0.405 e. The van der Waals surface area contributed by atoms with E-state index < -0.39 is 18.8 Å². The quantitative estimate of drug-likeness (QED) is 0.720. The van der Waals surface area contributed by atoms with Gasteiger partial charge in [-0.05, 0) is 18.9 Å². The van der Waals surface area contributed by atoms with Crippen LogP contribution >= 0.6 is 0 Å². The predicted octanol–water partition coefficient (Wildman–Crippen LogP) is 0.539. The summed E-state index contributed by atoms with van der Waals surface area (Å²) < 4.78 is 35.4. The van der Waals surface area contributed by atoms with E-state index in [4.69, 9.17) is 5.73 Å². The van der Waals surface area contributed by atoms with Crippen LogP contribution < -0.4 is 11.1 Å². The molecule has 4 nitrogen and oxygen atoms in total. The first-order valence-corrected chi connectivity index (χ1v) is 4.72. The Morgan fingerprint density at radius 1 is 1.53 bits per heavy atom. The van der Waals surface area contributed by atoms with Crippen LogP contribution in [0.15, 0.2) is 0 Å². The molecule has 0 aromatic heterocycles. The van der Waals surface area contributed by atoms with Gasteiger partial charge in [0.1, 0.15) is 6.54 Å². The van der Waals surface area contributed by atoms with E-state index in [0.717, 1.165) is 6.42 Å². The maximum absolute atomic E-state index is 11.8. The molecular weight excluding hydrogens is 211 g/mol. The van der Waals surface area contributed by atoms with Crippen LogP contribution in [0.25, 0.3) is 0 Å². The molecule has 1 unspecified atom stereocenters. The number of alkyl halides is 3. The maximum atomic E-state index is 11.8. The molecule has 1 atom stereocenters. The Balaban J connectivity index is 2.30. The zero-order chi connectivity index (χ0) is 11.5. The number of nitrogens with zero attached hydrogens (tertiary/aromatic N) is 1. The molecule has 1 aliphatic heterocycles. The van der Waals surface area contributed by atoms with E-state index in [9.17, 15) is 18.0 Å². The largest absolute Gasteiger partial charge is 0.405 e. The van der Waals surface area contributed by atoms with E-state index in [1.807, 2.05) is 5.32 Å². The zero-order valence-corrected chi connectivity index (χ0v) is 8.18. The highest BCUT2D eigenvalue weighted by molar-refractivity contribution is 5.74. The average molecular weight is 225 g/mol. The normalized spacial score (nSPS) is 21.9. The molecule has 7 heteroatoms. The number of rotatable bonds is 2. The molecule has 0 saturated carbocycles. The van der Waals surface area contributed by atoms with Crippen molar-refractivity contribution in [2.24, 2.45) is 11.7 Å². The molecule has 0 bridgehead atoms. The smallest absolute Gasteiger partial charge is 0.330 e. The lowest BCUT2D eigenvalue weighted by atomic mass is 10.1. The van der Waals surface area contributed by atoms with E-state index in [1.54, 1.807) is 0 Å². The van der Waals surface area contributed by atoms with Gasteiger partial charge in [0.05, 0.1) is 0 Å². The minimum atomic E-state index is -4.36. The van der Waals surface area contributed by atoms with Crippen molar-refractivity contribution in [1.29, 1.82) is 0 Å². The Labute approximate surface area is 85.6 Å². The van der Waals surface area contributed by atoms with Crippen LogP contribution in [0.1, 0.15) is 6.42 Å². The van der Waals surface area contributed by atoms with Crippen LogP contribution in [0.3, 0.4) is 0 Å². The van der Waals surface area contributed by atoms with Crippen LogP contribution in [-0.4, -0.2) is 43.3 Å². The lowest BCUT2D eigenvalue weighted by Gasteiger charge is -2.17. The van der Waals surface area contributed by atoms with Gasteiger partial charge >= 0.3 is 12.2 Å². The van der Waals surface area contributed by atoms with Gasteiger partial charge in [-0.1, -0.05) is 0 Å². The number of amides is 2. The Kier molecular flexibility index (Phi) is 3.78. The van der Waals surface area contributed by atoms with E-state index in [0.29, 0.717) is 19.6 Å². The minimum Gasteiger partial charge on any atom is -0.330 e. The Bertz CT molecular complexity index is 232. The number of likely N-dealkylation sites (tertiary alicyclic amines) is 1. The first-order chi connectivity index (χ1) is 6.92. The fourth-order valence-electron chi connectivity index (χ4n) is 1.50. The van der Waals surface area contributed by atoms with Gasteiger partial charge in [-0.25, -0.2) is 4.79 Å². The first-order valence-electron chi connectivity index (χ1n) is 4.72. The van der Waals surface area contributed by atoms with Gasteiger partial charge in [0, 0.05) is 13.1 Å². The summed E-state index contributed by atoms with van der Waals surface area (Å²) >= 11 is 0. The third-order valence-corrected chi connectivity index (χ3v) is 2.35. The first kappa shape index (κ1) is 12.1. The summed E-state index contributed by atoms with van der Waals surface area (Å²) in [5.41, 5.74) is 5.40. The van der Waals surface area contributed by atoms with E-state index >= 15 is 0 Å². The van der Waals surface area contributed by atoms with Crippen molar-refractivity contribution in [3.05, 3.63) is 0 Å². The van der Waals surface area contributed by atoms with Crippen molar-refractivity contribution in [3.63, 3.8) is 0 Å². The summed E-state index contributed by atoms with van der Waals surface area (Å²) in [6, 6.07) is -0.664. The standard InChI is InChI=1S/C8H14F3N3O/c9-8(10,11)5-13-7(15)14-2-1-6(3-12)4-14/h6H,1-5,12H2,(H,13,15). The van der Waals surface area contributed by atoms with Crippen LogP contribution in [-0.2, 0) is 0 Å². The SMILES string of the molecule is NCC1CCN(C(=O)NCC(F)(F)F)C1. The van der Waals surface area contributed by atoms with Crippen molar-refractivity contribution in [1.82, 2.24) is 10.2 Å². The van der Waals surface area contributed by atoms with Gasteiger partial charge in [0.25, 0.3) is 0 Å². The molecule has 1 aliphatic rings. The van der Waals surface area contributed by atoms with Crippen molar-refractivity contribution in [3.8, 4) is 0 Å². The molecule has 0 spiro atoms. The lowest BCUT2D eigenvalue weighted by molar-refractivity contribution is -0.123. The number of nitrogens with one attached hydrogen (secondary N) is 1. The summed E-state index contributed by atoms with van der Waals surface area (Å²) in [6.07, 6.45) is -3.60. The van der Waals surface area contributed by atoms with Gasteiger partial charge in [-0.15, -0.1) is 0 Å². The number of hydrogen-bond acceptors (Lipinski definition) is 2. The molecule has 1 rings (SSSR count). The highest BCUT2D eigenvalue weighted by atomic mass is 19.4. The number of urea groups is 1. The lowest BCUT2D eigenvalue weighted by Crippen LogP contribution is -2.42. The second-order valence-corrected chi connectivity index (χ2v) is 3.61. The van der Waals surface area contributed by atoms with Crippen molar-refractivity contribution in [2.75, 3.05) is 26.2 Å². The number of halogens is 3. The molecule has 88 valence electrons.